The molecule has 110 valence electrons. The molecule has 0 aromatic carbocycles. The van der Waals surface area contributed by atoms with Gasteiger partial charge in [0.05, 0.1) is 6.54 Å². The molecule has 0 spiro atoms. The number of rotatable bonds is 10. The molecule has 18 heavy (non-hydrogen) atoms. The zero-order chi connectivity index (χ0) is 14.0. The quantitative estimate of drug-likeness (QED) is 0.611. The summed E-state index contributed by atoms with van der Waals surface area (Å²) in [7, 11) is 0. The standard InChI is InChI=1S/C13H27F3N2/c1-4-9-17-12(3)8-6-7-10-18(5-2)11-13(14,15)16/h12,17H,4-11H2,1-3H3. The van der Waals surface area contributed by atoms with Crippen molar-refractivity contribution in [2.75, 3.05) is 26.2 Å². The van der Waals surface area contributed by atoms with E-state index >= 15 is 0 Å². The van der Waals surface area contributed by atoms with E-state index in [0.29, 0.717) is 19.1 Å². The summed E-state index contributed by atoms with van der Waals surface area (Å²) >= 11 is 0. The monoisotopic (exact) mass is 268 g/mol. The lowest BCUT2D eigenvalue weighted by Gasteiger charge is -2.22. The molecule has 0 saturated heterocycles. The van der Waals surface area contributed by atoms with Gasteiger partial charge in [-0.1, -0.05) is 20.3 Å². The Hall–Kier alpha value is -0.290. The Bertz CT molecular complexity index is 195. The van der Waals surface area contributed by atoms with E-state index in [0.717, 1.165) is 32.2 Å². The molecule has 0 aromatic rings. The summed E-state index contributed by atoms with van der Waals surface area (Å²) in [5.41, 5.74) is 0. The van der Waals surface area contributed by atoms with Crippen LogP contribution in [0, 0.1) is 0 Å². The summed E-state index contributed by atoms with van der Waals surface area (Å²) in [4.78, 5) is 1.46. The number of hydrogen-bond donors (Lipinski definition) is 1. The Morgan fingerprint density at radius 1 is 1.17 bits per heavy atom. The molecule has 1 N–H and O–H groups in total. The number of alkyl halides is 3. The van der Waals surface area contributed by atoms with Gasteiger partial charge in [0.1, 0.15) is 0 Å². The molecule has 0 saturated carbocycles. The minimum Gasteiger partial charge on any atom is -0.314 e. The largest absolute Gasteiger partial charge is 0.401 e. The highest BCUT2D eigenvalue weighted by Crippen LogP contribution is 2.16. The molecule has 0 heterocycles. The van der Waals surface area contributed by atoms with E-state index in [1.165, 1.54) is 4.90 Å². The summed E-state index contributed by atoms with van der Waals surface area (Å²) in [6.45, 7) is 7.25. The molecule has 0 aliphatic heterocycles. The first kappa shape index (κ1) is 17.7. The van der Waals surface area contributed by atoms with Crippen LogP contribution in [0.2, 0.25) is 0 Å². The van der Waals surface area contributed by atoms with Gasteiger partial charge in [-0.15, -0.1) is 0 Å². The molecular formula is C13H27F3N2. The molecule has 0 aliphatic rings. The minimum absolute atomic E-state index is 0.461. The SMILES string of the molecule is CCCNC(C)CCCCN(CC)CC(F)(F)F. The second-order valence-electron chi connectivity index (χ2n) is 4.83. The molecule has 1 unspecified atom stereocenters. The first-order chi connectivity index (χ1) is 8.39. The number of halogens is 3. The highest BCUT2D eigenvalue weighted by atomic mass is 19.4. The van der Waals surface area contributed by atoms with Crippen molar-refractivity contribution in [1.29, 1.82) is 0 Å². The molecule has 5 heteroatoms. The Kier molecular flexibility index (Phi) is 9.46. The molecular weight excluding hydrogens is 241 g/mol. The van der Waals surface area contributed by atoms with Crippen molar-refractivity contribution in [1.82, 2.24) is 10.2 Å². The average molecular weight is 268 g/mol. The second-order valence-corrected chi connectivity index (χ2v) is 4.83. The third kappa shape index (κ3) is 10.8. The van der Waals surface area contributed by atoms with Crippen LogP contribution in [-0.4, -0.2) is 43.3 Å². The van der Waals surface area contributed by atoms with Crippen molar-refractivity contribution in [3.63, 3.8) is 0 Å². The smallest absolute Gasteiger partial charge is 0.314 e. The van der Waals surface area contributed by atoms with E-state index in [2.05, 4.69) is 19.2 Å². The van der Waals surface area contributed by atoms with Crippen molar-refractivity contribution in [2.24, 2.45) is 0 Å². The van der Waals surface area contributed by atoms with Gasteiger partial charge in [-0.25, -0.2) is 0 Å². The van der Waals surface area contributed by atoms with Crippen LogP contribution in [0.25, 0.3) is 0 Å². The predicted molar refractivity (Wildman–Crippen MR) is 69.8 cm³/mol. The highest BCUT2D eigenvalue weighted by Gasteiger charge is 2.29. The maximum atomic E-state index is 12.2. The molecule has 0 bridgehead atoms. The number of hydrogen-bond acceptors (Lipinski definition) is 2. The van der Waals surface area contributed by atoms with Gasteiger partial charge in [-0.05, 0) is 45.8 Å². The summed E-state index contributed by atoms with van der Waals surface area (Å²) in [5, 5.41) is 3.38. The van der Waals surface area contributed by atoms with Crippen molar-refractivity contribution >= 4 is 0 Å². The molecule has 0 aliphatic carbocycles. The van der Waals surface area contributed by atoms with E-state index in [-0.39, 0.29) is 0 Å². The highest BCUT2D eigenvalue weighted by molar-refractivity contribution is 4.64. The zero-order valence-electron chi connectivity index (χ0n) is 11.8. The molecule has 1 atom stereocenters. The maximum absolute atomic E-state index is 12.2. The van der Waals surface area contributed by atoms with Gasteiger partial charge < -0.3 is 5.32 Å². The predicted octanol–water partition coefficient (Wildman–Crippen LogP) is 3.43. The summed E-state index contributed by atoms with van der Waals surface area (Å²) in [5.74, 6) is 0. The fraction of sp³-hybridized carbons (Fsp3) is 1.00. The fourth-order valence-corrected chi connectivity index (χ4v) is 1.88. The normalized spacial score (nSPS) is 14.2. The van der Waals surface area contributed by atoms with E-state index in [4.69, 9.17) is 0 Å². The van der Waals surface area contributed by atoms with Crippen LogP contribution in [-0.2, 0) is 0 Å². The van der Waals surface area contributed by atoms with E-state index in [1.807, 2.05) is 0 Å². The van der Waals surface area contributed by atoms with Crippen LogP contribution >= 0.6 is 0 Å². The number of nitrogens with zero attached hydrogens (tertiary/aromatic N) is 1. The first-order valence-electron chi connectivity index (χ1n) is 6.91. The van der Waals surface area contributed by atoms with Crippen LogP contribution in [0.15, 0.2) is 0 Å². The minimum atomic E-state index is -4.08. The van der Waals surface area contributed by atoms with Crippen LogP contribution in [0.1, 0.15) is 46.5 Å². The third-order valence-electron chi connectivity index (χ3n) is 2.95. The average Bonchev–Trinajstić information content (AvgIpc) is 2.28. The Balaban J connectivity index is 3.62. The Labute approximate surface area is 109 Å². The summed E-state index contributed by atoms with van der Waals surface area (Å²) in [6.07, 6.45) is -0.122. The van der Waals surface area contributed by atoms with E-state index < -0.39 is 12.7 Å². The lowest BCUT2D eigenvalue weighted by atomic mass is 10.1. The van der Waals surface area contributed by atoms with Crippen molar-refractivity contribution in [2.45, 2.75) is 58.7 Å². The molecule has 0 rings (SSSR count). The lowest BCUT2D eigenvalue weighted by Crippen LogP contribution is -2.35. The molecule has 2 nitrogen and oxygen atoms in total. The molecule has 0 amide bonds. The number of unbranched alkanes of at least 4 members (excludes halogenated alkanes) is 1. The van der Waals surface area contributed by atoms with Crippen molar-refractivity contribution < 1.29 is 13.2 Å². The number of nitrogens with one attached hydrogen (secondary N) is 1. The summed E-state index contributed by atoms with van der Waals surface area (Å²) in [6, 6.07) is 0.461. The van der Waals surface area contributed by atoms with Gasteiger partial charge in [-0.2, -0.15) is 13.2 Å². The summed E-state index contributed by atoms with van der Waals surface area (Å²) < 4.78 is 36.7. The van der Waals surface area contributed by atoms with E-state index in [9.17, 15) is 13.2 Å². The van der Waals surface area contributed by atoms with Crippen molar-refractivity contribution in [3.8, 4) is 0 Å². The second kappa shape index (κ2) is 9.62. The first-order valence-corrected chi connectivity index (χ1v) is 6.91. The zero-order valence-corrected chi connectivity index (χ0v) is 11.8. The molecule has 0 radical (unpaired) electrons. The van der Waals surface area contributed by atoms with E-state index in [1.54, 1.807) is 6.92 Å². The van der Waals surface area contributed by atoms with Crippen LogP contribution in [0.4, 0.5) is 13.2 Å². The van der Waals surface area contributed by atoms with Gasteiger partial charge in [0, 0.05) is 6.04 Å². The lowest BCUT2D eigenvalue weighted by molar-refractivity contribution is -0.145. The Morgan fingerprint density at radius 2 is 1.83 bits per heavy atom. The van der Waals surface area contributed by atoms with Gasteiger partial charge in [0.2, 0.25) is 0 Å². The Morgan fingerprint density at radius 3 is 2.33 bits per heavy atom. The van der Waals surface area contributed by atoms with Crippen molar-refractivity contribution in [3.05, 3.63) is 0 Å². The molecule has 0 fully saturated rings. The van der Waals surface area contributed by atoms with Crippen LogP contribution in [0.3, 0.4) is 0 Å². The third-order valence-corrected chi connectivity index (χ3v) is 2.95. The van der Waals surface area contributed by atoms with Gasteiger partial charge in [0.25, 0.3) is 0 Å². The fourth-order valence-electron chi connectivity index (χ4n) is 1.88. The molecule has 0 aromatic heterocycles. The van der Waals surface area contributed by atoms with Gasteiger partial charge in [-0.3, -0.25) is 4.90 Å². The van der Waals surface area contributed by atoms with Crippen LogP contribution < -0.4 is 5.32 Å². The van der Waals surface area contributed by atoms with Gasteiger partial charge >= 0.3 is 6.18 Å². The maximum Gasteiger partial charge on any atom is 0.401 e. The van der Waals surface area contributed by atoms with Gasteiger partial charge in [0.15, 0.2) is 0 Å². The van der Waals surface area contributed by atoms with Crippen LogP contribution in [0.5, 0.6) is 0 Å². The topological polar surface area (TPSA) is 15.3 Å².